The zero-order valence-electron chi connectivity index (χ0n) is 6.20. The van der Waals surface area contributed by atoms with E-state index in [1.165, 1.54) is 0 Å². The van der Waals surface area contributed by atoms with Crippen LogP contribution >= 0.6 is 22.6 Å². The number of aliphatic hydroxyl groups excluding tert-OH is 1. The second-order valence-electron chi connectivity index (χ2n) is 3.01. The van der Waals surface area contributed by atoms with Crippen LogP contribution in [0.25, 0.3) is 0 Å². The Hall–Kier alpha value is 0.640. The normalized spacial score (nSPS) is 24.6. The molecule has 0 spiro atoms. The Morgan fingerprint density at radius 1 is 1.55 bits per heavy atom. The van der Waals surface area contributed by atoms with Gasteiger partial charge in [0.15, 0.2) is 9.84 Å². The van der Waals surface area contributed by atoms with E-state index < -0.39 is 19.2 Å². The topological polar surface area (TPSA) is 54.4 Å². The summed E-state index contributed by atoms with van der Waals surface area (Å²) in [6.45, 7) is 0. The third-order valence-corrected chi connectivity index (χ3v) is 6.39. The van der Waals surface area contributed by atoms with Gasteiger partial charge in [-0.25, -0.2) is 8.42 Å². The highest BCUT2D eigenvalue weighted by atomic mass is 127. The maximum atomic E-state index is 10.9. The summed E-state index contributed by atoms with van der Waals surface area (Å²) in [4.78, 5) is 0. The molecular formula is C6H11IO3S. The maximum Gasteiger partial charge on any atom is 0.162 e. The molecule has 1 saturated carbocycles. The van der Waals surface area contributed by atoms with Crippen LogP contribution in [-0.4, -0.2) is 29.1 Å². The van der Waals surface area contributed by atoms with Gasteiger partial charge in [0.25, 0.3) is 0 Å². The molecule has 1 aliphatic rings. The van der Waals surface area contributed by atoms with E-state index in [2.05, 4.69) is 0 Å². The van der Waals surface area contributed by atoms with Gasteiger partial charge in [-0.15, -0.1) is 0 Å². The van der Waals surface area contributed by atoms with Gasteiger partial charge in [0, 0.05) is 6.26 Å². The second kappa shape index (κ2) is 3.18. The molecule has 5 heteroatoms. The fourth-order valence-corrected chi connectivity index (χ4v) is 2.22. The standard InChI is InChI=1S/C6H11IO3S/c1-11(9,10)6(7)5(8)4-2-3-4/h4-6,8H,2-3H2,1H3/t5-,6+/m0/s1. The minimum atomic E-state index is -3.07. The van der Waals surface area contributed by atoms with Crippen molar-refractivity contribution in [2.24, 2.45) is 5.92 Å². The van der Waals surface area contributed by atoms with Gasteiger partial charge >= 0.3 is 0 Å². The van der Waals surface area contributed by atoms with Gasteiger partial charge in [-0.1, -0.05) is 22.6 Å². The number of sulfone groups is 1. The summed E-state index contributed by atoms with van der Waals surface area (Å²) < 4.78 is 21.2. The first-order valence-corrected chi connectivity index (χ1v) is 6.64. The number of aliphatic hydroxyl groups is 1. The van der Waals surface area contributed by atoms with E-state index in [0.717, 1.165) is 19.1 Å². The monoisotopic (exact) mass is 290 g/mol. The van der Waals surface area contributed by atoms with Gasteiger partial charge in [-0.3, -0.25) is 0 Å². The van der Waals surface area contributed by atoms with Crippen molar-refractivity contribution in [3.63, 3.8) is 0 Å². The van der Waals surface area contributed by atoms with Crippen LogP contribution in [0.1, 0.15) is 12.8 Å². The first-order valence-electron chi connectivity index (χ1n) is 3.44. The molecule has 0 aliphatic heterocycles. The van der Waals surface area contributed by atoms with Gasteiger partial charge in [-0.2, -0.15) is 0 Å². The summed E-state index contributed by atoms with van der Waals surface area (Å²) in [5, 5.41) is 9.41. The average Bonchev–Trinajstić information content (AvgIpc) is 2.63. The second-order valence-corrected chi connectivity index (χ2v) is 7.36. The summed E-state index contributed by atoms with van der Waals surface area (Å²) in [5.74, 6) is 0.228. The predicted octanol–water partition coefficient (Wildman–Crippen LogP) is 0.563. The Morgan fingerprint density at radius 3 is 2.27 bits per heavy atom. The highest BCUT2D eigenvalue weighted by Crippen LogP contribution is 2.36. The summed E-state index contributed by atoms with van der Waals surface area (Å²) in [5.41, 5.74) is 0. The average molecular weight is 290 g/mol. The van der Waals surface area contributed by atoms with Crippen molar-refractivity contribution in [2.75, 3.05) is 6.26 Å². The lowest BCUT2D eigenvalue weighted by molar-refractivity contribution is 0.169. The van der Waals surface area contributed by atoms with Crippen LogP contribution in [0, 0.1) is 5.92 Å². The molecule has 0 radical (unpaired) electrons. The minimum Gasteiger partial charge on any atom is -0.391 e. The van der Waals surface area contributed by atoms with Crippen LogP contribution < -0.4 is 0 Å². The van der Waals surface area contributed by atoms with Crippen LogP contribution in [0.2, 0.25) is 0 Å². The molecule has 1 fully saturated rings. The van der Waals surface area contributed by atoms with Crippen LogP contribution in [0.3, 0.4) is 0 Å². The van der Waals surface area contributed by atoms with E-state index in [1.807, 2.05) is 0 Å². The zero-order chi connectivity index (χ0) is 8.65. The Kier molecular flexibility index (Phi) is 2.81. The molecule has 0 heterocycles. The Bertz CT molecular complexity index is 232. The lowest BCUT2D eigenvalue weighted by atomic mass is 10.3. The van der Waals surface area contributed by atoms with Gasteiger partial charge in [-0.05, 0) is 18.8 Å². The third-order valence-electron chi connectivity index (χ3n) is 1.78. The molecular weight excluding hydrogens is 279 g/mol. The van der Waals surface area contributed by atoms with E-state index in [0.29, 0.717) is 0 Å². The Labute approximate surface area is 80.2 Å². The predicted molar refractivity (Wildman–Crippen MR) is 51.4 cm³/mol. The highest BCUT2D eigenvalue weighted by Gasteiger charge is 2.38. The smallest absolute Gasteiger partial charge is 0.162 e. The van der Waals surface area contributed by atoms with E-state index in [9.17, 15) is 13.5 Å². The number of alkyl halides is 1. The molecule has 1 rings (SSSR count). The first kappa shape index (κ1) is 9.73. The highest BCUT2D eigenvalue weighted by molar-refractivity contribution is 14.1. The fraction of sp³-hybridized carbons (Fsp3) is 1.00. The fourth-order valence-electron chi connectivity index (χ4n) is 0.905. The molecule has 11 heavy (non-hydrogen) atoms. The molecule has 1 aliphatic carbocycles. The summed E-state index contributed by atoms with van der Waals surface area (Å²) >= 11 is 1.79. The molecule has 2 atom stereocenters. The van der Waals surface area contributed by atoms with Crippen LogP contribution in [0.4, 0.5) is 0 Å². The lowest BCUT2D eigenvalue weighted by Crippen LogP contribution is -2.29. The zero-order valence-corrected chi connectivity index (χ0v) is 9.17. The van der Waals surface area contributed by atoms with Crippen molar-refractivity contribution < 1.29 is 13.5 Å². The third kappa shape index (κ3) is 2.55. The molecule has 1 N–H and O–H groups in total. The maximum absolute atomic E-state index is 10.9. The summed E-state index contributed by atoms with van der Waals surface area (Å²) in [7, 11) is -3.07. The number of hydrogen-bond donors (Lipinski definition) is 1. The number of hydrogen-bond acceptors (Lipinski definition) is 3. The quantitative estimate of drug-likeness (QED) is 0.610. The molecule has 0 aromatic rings. The van der Waals surface area contributed by atoms with Gasteiger partial charge in [0.1, 0.15) is 3.26 Å². The first-order chi connectivity index (χ1) is 4.93. The molecule has 66 valence electrons. The largest absolute Gasteiger partial charge is 0.391 e. The molecule has 0 saturated heterocycles. The van der Waals surface area contributed by atoms with Gasteiger partial charge < -0.3 is 5.11 Å². The minimum absolute atomic E-state index is 0.228. The van der Waals surface area contributed by atoms with E-state index in [-0.39, 0.29) is 5.92 Å². The van der Waals surface area contributed by atoms with Crippen molar-refractivity contribution in [1.29, 1.82) is 0 Å². The van der Waals surface area contributed by atoms with Crippen molar-refractivity contribution >= 4 is 32.4 Å². The Morgan fingerprint density at radius 2 is 2.00 bits per heavy atom. The van der Waals surface area contributed by atoms with Gasteiger partial charge in [0.2, 0.25) is 0 Å². The molecule has 0 aromatic carbocycles. The summed E-state index contributed by atoms with van der Waals surface area (Å²) in [6.07, 6.45) is 2.44. The Balaban J connectivity index is 2.59. The van der Waals surface area contributed by atoms with Crippen LogP contribution in [0.15, 0.2) is 0 Å². The van der Waals surface area contributed by atoms with Crippen molar-refractivity contribution in [3.05, 3.63) is 0 Å². The number of halogens is 1. The van der Waals surface area contributed by atoms with Crippen LogP contribution in [-0.2, 0) is 9.84 Å². The molecule has 0 amide bonds. The summed E-state index contributed by atoms with van der Waals surface area (Å²) in [6, 6.07) is 0. The lowest BCUT2D eigenvalue weighted by Gasteiger charge is -2.14. The van der Waals surface area contributed by atoms with Crippen molar-refractivity contribution in [2.45, 2.75) is 22.2 Å². The SMILES string of the molecule is CS(=O)(=O)[C@@H](I)[C@@H](O)C1CC1. The molecule has 0 unspecified atom stereocenters. The van der Waals surface area contributed by atoms with Crippen molar-refractivity contribution in [1.82, 2.24) is 0 Å². The molecule has 3 nitrogen and oxygen atoms in total. The van der Waals surface area contributed by atoms with E-state index >= 15 is 0 Å². The van der Waals surface area contributed by atoms with Gasteiger partial charge in [0.05, 0.1) is 6.10 Å². The molecule has 0 bridgehead atoms. The number of rotatable bonds is 3. The van der Waals surface area contributed by atoms with Crippen molar-refractivity contribution in [3.8, 4) is 0 Å². The van der Waals surface area contributed by atoms with E-state index in [4.69, 9.17) is 0 Å². The molecule has 0 aromatic heterocycles. The van der Waals surface area contributed by atoms with Crippen LogP contribution in [0.5, 0.6) is 0 Å². The van der Waals surface area contributed by atoms with E-state index in [1.54, 1.807) is 22.6 Å².